The Morgan fingerprint density at radius 3 is 2.44 bits per heavy atom. The van der Waals surface area contributed by atoms with Crippen molar-refractivity contribution in [1.82, 2.24) is 9.62 Å². The van der Waals surface area contributed by atoms with E-state index in [0.29, 0.717) is 24.3 Å². The van der Waals surface area contributed by atoms with E-state index in [9.17, 15) is 17.6 Å². The van der Waals surface area contributed by atoms with Gasteiger partial charge in [-0.25, -0.2) is 17.1 Å². The third-order valence-electron chi connectivity index (χ3n) is 5.18. The van der Waals surface area contributed by atoms with Crippen molar-refractivity contribution in [2.75, 3.05) is 32.1 Å². The second-order valence-electron chi connectivity index (χ2n) is 8.06. The van der Waals surface area contributed by atoms with Crippen molar-refractivity contribution in [3.05, 3.63) is 58.4 Å². The van der Waals surface area contributed by atoms with Crippen LogP contribution in [0.25, 0.3) is 0 Å². The van der Waals surface area contributed by atoms with Crippen LogP contribution in [-0.2, 0) is 21.3 Å². The van der Waals surface area contributed by atoms with Crippen LogP contribution < -0.4 is 10.2 Å². The van der Waals surface area contributed by atoms with Gasteiger partial charge in [-0.2, -0.15) is 0 Å². The number of hydrogen-bond acceptors (Lipinski definition) is 5. The van der Waals surface area contributed by atoms with E-state index in [1.54, 1.807) is 12.1 Å². The molecule has 1 N–H and O–H groups in total. The van der Waals surface area contributed by atoms with Gasteiger partial charge in [-0.3, -0.25) is 4.79 Å². The van der Waals surface area contributed by atoms with Crippen LogP contribution in [0.1, 0.15) is 29.8 Å². The van der Waals surface area contributed by atoms with Gasteiger partial charge in [0.05, 0.1) is 22.9 Å². The number of hydrogen-bond donors (Lipinski definition) is 1. The molecule has 10 heteroatoms. The zero-order valence-electron chi connectivity index (χ0n) is 18.4. The Balaban J connectivity index is 1.71. The maximum atomic E-state index is 14.8. The highest BCUT2D eigenvalue weighted by Crippen LogP contribution is 2.26. The summed E-state index contributed by atoms with van der Waals surface area (Å²) < 4.78 is 46.3. The molecular weight excluding hydrogens is 457 g/mol. The average molecular weight is 484 g/mol. The molecule has 3 rings (SSSR count). The lowest BCUT2D eigenvalue weighted by molar-refractivity contribution is -0.00539. The Kier molecular flexibility index (Phi) is 7.44. The number of carbonyl (C=O) groups excluding carboxylic acids is 1. The zero-order valence-corrected chi connectivity index (χ0v) is 20.0. The van der Waals surface area contributed by atoms with E-state index in [4.69, 9.17) is 16.3 Å². The number of ether oxygens (including phenoxy) is 1. The van der Waals surface area contributed by atoms with Gasteiger partial charge in [0.1, 0.15) is 10.7 Å². The lowest BCUT2D eigenvalue weighted by Crippen LogP contribution is -2.45. The highest BCUT2D eigenvalue weighted by Gasteiger charge is 2.25. The molecule has 0 radical (unpaired) electrons. The number of sulfonamides is 1. The van der Waals surface area contributed by atoms with Gasteiger partial charge in [0.2, 0.25) is 10.0 Å². The number of amides is 1. The first-order chi connectivity index (χ1) is 15.0. The standard InChI is InChI=1S/C22H27ClFN3O4S/c1-14-12-27(13-15(2)31-14)20-8-5-16(9-19(20)24)11-25-22(28)17-6-7-18(23)21(10-17)32(29,30)26(3)4/h5-10,14-15H,11-13H2,1-4H3,(H,25,28). The second kappa shape index (κ2) is 9.74. The summed E-state index contributed by atoms with van der Waals surface area (Å²) >= 11 is 6.03. The lowest BCUT2D eigenvalue weighted by atomic mass is 10.1. The summed E-state index contributed by atoms with van der Waals surface area (Å²) in [5.74, 6) is -0.860. The SMILES string of the molecule is CC1CN(c2ccc(CNC(=O)c3ccc(Cl)c(S(=O)(=O)N(C)C)c3)cc2F)CC(C)O1. The predicted octanol–water partition coefficient (Wildman–Crippen LogP) is 3.27. The molecule has 1 aliphatic rings. The third-order valence-corrected chi connectivity index (χ3v) is 7.47. The molecule has 0 aliphatic carbocycles. The number of nitrogens with zero attached hydrogens (tertiary/aromatic N) is 2. The largest absolute Gasteiger partial charge is 0.372 e. The van der Waals surface area contributed by atoms with Gasteiger partial charge < -0.3 is 15.0 Å². The highest BCUT2D eigenvalue weighted by atomic mass is 35.5. The monoisotopic (exact) mass is 483 g/mol. The van der Waals surface area contributed by atoms with Crippen molar-refractivity contribution in [1.29, 1.82) is 0 Å². The normalized spacial score (nSPS) is 19.3. The smallest absolute Gasteiger partial charge is 0.251 e. The number of benzene rings is 2. The van der Waals surface area contributed by atoms with Crippen LogP contribution >= 0.6 is 11.6 Å². The fourth-order valence-electron chi connectivity index (χ4n) is 3.61. The van der Waals surface area contributed by atoms with E-state index >= 15 is 0 Å². The van der Waals surface area contributed by atoms with Crippen molar-refractivity contribution in [2.24, 2.45) is 0 Å². The molecule has 1 aliphatic heterocycles. The molecule has 0 bridgehead atoms. The molecule has 174 valence electrons. The van der Waals surface area contributed by atoms with Crippen LogP contribution in [0.4, 0.5) is 10.1 Å². The van der Waals surface area contributed by atoms with Gasteiger partial charge in [0, 0.05) is 39.3 Å². The van der Waals surface area contributed by atoms with E-state index in [1.165, 1.54) is 38.4 Å². The summed E-state index contributed by atoms with van der Waals surface area (Å²) in [7, 11) is -1.03. The Labute approximate surface area is 193 Å². The molecule has 2 aromatic carbocycles. The number of rotatable bonds is 6. The van der Waals surface area contributed by atoms with Gasteiger partial charge in [0.15, 0.2) is 0 Å². The first-order valence-corrected chi connectivity index (χ1v) is 12.0. The first kappa shape index (κ1) is 24.4. The Hall–Kier alpha value is -2.20. The van der Waals surface area contributed by atoms with Crippen LogP contribution in [0, 0.1) is 5.82 Å². The number of anilines is 1. The molecule has 2 aromatic rings. The van der Waals surface area contributed by atoms with Crippen molar-refractivity contribution < 1.29 is 22.3 Å². The van der Waals surface area contributed by atoms with Crippen molar-refractivity contribution in [3.63, 3.8) is 0 Å². The Bertz CT molecular complexity index is 1100. The second-order valence-corrected chi connectivity index (χ2v) is 10.6. The molecule has 2 unspecified atom stereocenters. The third kappa shape index (κ3) is 5.40. The van der Waals surface area contributed by atoms with E-state index in [-0.39, 0.29) is 40.1 Å². The van der Waals surface area contributed by atoms with E-state index in [1.807, 2.05) is 18.7 Å². The minimum Gasteiger partial charge on any atom is -0.372 e. The van der Waals surface area contributed by atoms with Crippen LogP contribution in [0.3, 0.4) is 0 Å². The molecule has 0 spiro atoms. The van der Waals surface area contributed by atoms with Crippen LogP contribution in [0.2, 0.25) is 5.02 Å². The summed E-state index contributed by atoms with van der Waals surface area (Å²) in [5.41, 5.74) is 1.23. The quantitative estimate of drug-likeness (QED) is 0.682. The van der Waals surface area contributed by atoms with Gasteiger partial charge in [-0.05, 0) is 49.7 Å². The molecule has 1 heterocycles. The van der Waals surface area contributed by atoms with Crippen molar-refractivity contribution >= 4 is 33.2 Å². The highest BCUT2D eigenvalue weighted by molar-refractivity contribution is 7.89. The van der Waals surface area contributed by atoms with E-state index in [0.717, 1.165) is 4.31 Å². The lowest BCUT2D eigenvalue weighted by Gasteiger charge is -2.37. The van der Waals surface area contributed by atoms with Gasteiger partial charge in [-0.15, -0.1) is 0 Å². The summed E-state index contributed by atoms with van der Waals surface area (Å²) in [6.45, 7) is 5.20. The summed E-state index contributed by atoms with van der Waals surface area (Å²) in [5, 5.41) is 2.72. The molecule has 1 fully saturated rings. The fourth-order valence-corrected chi connectivity index (χ4v) is 5.01. The van der Waals surface area contributed by atoms with Crippen LogP contribution in [0.15, 0.2) is 41.3 Å². The number of nitrogens with one attached hydrogen (secondary N) is 1. The van der Waals surface area contributed by atoms with Gasteiger partial charge in [0.25, 0.3) is 5.91 Å². The summed E-state index contributed by atoms with van der Waals surface area (Å²) in [6, 6.07) is 8.89. The molecule has 0 aromatic heterocycles. The van der Waals surface area contributed by atoms with Crippen LogP contribution in [0.5, 0.6) is 0 Å². The molecule has 0 saturated carbocycles. The number of halogens is 2. The minimum absolute atomic E-state index is 0.0118. The summed E-state index contributed by atoms with van der Waals surface area (Å²) in [6.07, 6.45) is 0.0235. The number of morpholine rings is 1. The molecule has 1 amide bonds. The molecular formula is C22H27ClFN3O4S. The molecule has 2 atom stereocenters. The van der Waals surface area contributed by atoms with Crippen LogP contribution in [-0.4, -0.2) is 58.0 Å². The summed E-state index contributed by atoms with van der Waals surface area (Å²) in [4.78, 5) is 14.4. The Morgan fingerprint density at radius 1 is 1.19 bits per heavy atom. The Morgan fingerprint density at radius 2 is 1.84 bits per heavy atom. The molecule has 32 heavy (non-hydrogen) atoms. The maximum absolute atomic E-state index is 14.8. The maximum Gasteiger partial charge on any atom is 0.251 e. The van der Waals surface area contributed by atoms with E-state index in [2.05, 4.69) is 5.32 Å². The number of carbonyl (C=O) groups is 1. The topological polar surface area (TPSA) is 79.0 Å². The predicted molar refractivity (Wildman–Crippen MR) is 122 cm³/mol. The van der Waals surface area contributed by atoms with Crippen molar-refractivity contribution in [3.8, 4) is 0 Å². The van der Waals surface area contributed by atoms with E-state index < -0.39 is 15.9 Å². The fraction of sp³-hybridized carbons (Fsp3) is 0.409. The zero-order chi connectivity index (χ0) is 23.6. The average Bonchev–Trinajstić information content (AvgIpc) is 2.71. The van der Waals surface area contributed by atoms with Crippen molar-refractivity contribution in [2.45, 2.75) is 37.5 Å². The van der Waals surface area contributed by atoms with Gasteiger partial charge >= 0.3 is 0 Å². The molecule has 1 saturated heterocycles. The minimum atomic E-state index is -3.80. The molecule has 7 nitrogen and oxygen atoms in total. The van der Waals surface area contributed by atoms with Gasteiger partial charge in [-0.1, -0.05) is 17.7 Å². The first-order valence-electron chi connectivity index (χ1n) is 10.2.